The van der Waals surface area contributed by atoms with Gasteiger partial charge in [0.05, 0.1) is 0 Å². The van der Waals surface area contributed by atoms with Crippen LogP contribution >= 0.6 is 0 Å². The van der Waals surface area contributed by atoms with E-state index in [-0.39, 0.29) is 0 Å². The highest BCUT2D eigenvalue weighted by atomic mass is 16.6. The molecule has 0 bridgehead atoms. The third kappa shape index (κ3) is 10.0. The van der Waals surface area contributed by atoms with Crippen molar-refractivity contribution in [3.05, 3.63) is 0 Å². The first-order valence-corrected chi connectivity index (χ1v) is 9.14. The molecule has 0 saturated heterocycles. The molecular formula is C18H37N3O3. The van der Waals surface area contributed by atoms with Crippen molar-refractivity contribution in [2.75, 3.05) is 19.6 Å². The molecule has 0 amide bonds. The Balaban J connectivity index is 4.64. The van der Waals surface area contributed by atoms with Crippen LogP contribution in [-0.2, 0) is 14.3 Å². The van der Waals surface area contributed by atoms with Crippen LogP contribution in [0.25, 0.3) is 0 Å². The Hall–Kier alpha value is -0.980. The van der Waals surface area contributed by atoms with Crippen LogP contribution < -0.4 is 11.5 Å². The third-order valence-electron chi connectivity index (χ3n) is 4.10. The fourth-order valence-electron chi connectivity index (χ4n) is 2.21. The fraction of sp³-hybridized carbons (Fsp3) is 0.889. The van der Waals surface area contributed by atoms with Crippen molar-refractivity contribution >= 4 is 11.9 Å². The second-order valence-electron chi connectivity index (χ2n) is 7.35. The Bertz CT molecular complexity index is 361. The van der Waals surface area contributed by atoms with Gasteiger partial charge in [-0.3, -0.25) is 4.90 Å². The van der Waals surface area contributed by atoms with Gasteiger partial charge < -0.3 is 16.2 Å². The number of hydrogen-bond acceptors (Lipinski definition) is 6. The summed E-state index contributed by atoms with van der Waals surface area (Å²) in [4.78, 5) is 26.3. The van der Waals surface area contributed by atoms with Gasteiger partial charge in [0, 0.05) is 0 Å². The van der Waals surface area contributed by atoms with Crippen molar-refractivity contribution < 1.29 is 14.3 Å². The first-order chi connectivity index (χ1) is 11.2. The Kier molecular flexibility index (Phi) is 11.9. The molecule has 0 aliphatic heterocycles. The van der Waals surface area contributed by atoms with Crippen molar-refractivity contribution in [2.45, 2.75) is 72.4 Å². The summed E-state index contributed by atoms with van der Waals surface area (Å²) in [6.45, 7) is 12.5. The number of carbonyl (C=O) groups is 2. The largest absolute Gasteiger partial charge is 0.391 e. The molecule has 142 valence electrons. The van der Waals surface area contributed by atoms with Gasteiger partial charge in [-0.15, -0.1) is 0 Å². The Morgan fingerprint density at radius 2 is 1.42 bits per heavy atom. The predicted molar refractivity (Wildman–Crippen MR) is 97.3 cm³/mol. The molecule has 0 aliphatic rings. The molecule has 0 saturated carbocycles. The summed E-state index contributed by atoms with van der Waals surface area (Å²) < 4.78 is 4.98. The lowest BCUT2D eigenvalue weighted by Gasteiger charge is -2.28. The number of hydrogen-bond donors (Lipinski definition) is 2. The Morgan fingerprint density at radius 3 is 1.83 bits per heavy atom. The molecule has 2 atom stereocenters. The van der Waals surface area contributed by atoms with E-state index in [9.17, 15) is 9.59 Å². The molecule has 0 aromatic heterocycles. The lowest BCUT2D eigenvalue weighted by Crippen LogP contribution is -2.44. The van der Waals surface area contributed by atoms with Gasteiger partial charge in [-0.2, -0.15) is 0 Å². The molecule has 0 aromatic rings. The molecule has 0 unspecified atom stereocenters. The zero-order valence-electron chi connectivity index (χ0n) is 16.1. The van der Waals surface area contributed by atoms with Crippen molar-refractivity contribution in [3.8, 4) is 0 Å². The van der Waals surface area contributed by atoms with E-state index >= 15 is 0 Å². The van der Waals surface area contributed by atoms with E-state index in [2.05, 4.69) is 32.6 Å². The highest BCUT2D eigenvalue weighted by molar-refractivity contribution is 5.90. The number of rotatable bonds is 12. The first kappa shape index (κ1) is 23.0. The van der Waals surface area contributed by atoms with E-state index in [1.807, 2.05) is 0 Å². The van der Waals surface area contributed by atoms with Crippen molar-refractivity contribution in [1.82, 2.24) is 4.90 Å². The molecular weight excluding hydrogens is 306 g/mol. The molecule has 6 nitrogen and oxygen atoms in total. The van der Waals surface area contributed by atoms with Crippen molar-refractivity contribution in [3.63, 3.8) is 0 Å². The van der Waals surface area contributed by atoms with Crippen LogP contribution in [0.5, 0.6) is 0 Å². The quantitative estimate of drug-likeness (QED) is 0.415. The Morgan fingerprint density at radius 1 is 0.917 bits per heavy atom. The number of esters is 2. The third-order valence-corrected chi connectivity index (χ3v) is 4.10. The maximum absolute atomic E-state index is 12.3. The molecule has 0 heterocycles. The molecule has 0 aliphatic carbocycles. The van der Waals surface area contributed by atoms with E-state index < -0.39 is 24.0 Å². The van der Waals surface area contributed by atoms with Gasteiger partial charge in [0.1, 0.15) is 12.1 Å². The van der Waals surface area contributed by atoms with Crippen LogP contribution in [0.2, 0.25) is 0 Å². The van der Waals surface area contributed by atoms with Gasteiger partial charge >= 0.3 is 11.9 Å². The Labute approximate surface area is 147 Å². The maximum atomic E-state index is 12.3. The van der Waals surface area contributed by atoms with Gasteiger partial charge in [0.2, 0.25) is 0 Å². The number of ether oxygens (including phenoxy) is 1. The predicted octanol–water partition coefficient (Wildman–Crippen LogP) is 1.91. The minimum absolute atomic E-state index is 0.432. The maximum Gasteiger partial charge on any atom is 0.330 e. The van der Waals surface area contributed by atoms with Crippen LogP contribution in [0.15, 0.2) is 0 Å². The minimum atomic E-state index is -0.788. The van der Waals surface area contributed by atoms with Gasteiger partial charge in [0.25, 0.3) is 0 Å². The fourth-order valence-corrected chi connectivity index (χ4v) is 2.21. The van der Waals surface area contributed by atoms with Crippen LogP contribution in [0.4, 0.5) is 0 Å². The number of nitrogens with two attached hydrogens (primary N) is 2. The average Bonchev–Trinajstić information content (AvgIpc) is 2.51. The SMILES string of the molecule is CC(C)CCN(CCC(C)C)[C@@H](C)C(=O)OC(=O)[C@H](N)CCCN. The standard InChI is InChI=1S/C18H37N3O3/c1-13(2)8-11-21(12-9-14(3)4)15(5)17(22)24-18(23)16(20)7-6-10-19/h13-16H,6-12,19-20H2,1-5H3/t15-,16+/m0/s1. The molecule has 6 heteroatoms. The average molecular weight is 344 g/mol. The first-order valence-electron chi connectivity index (χ1n) is 9.14. The molecule has 4 N–H and O–H groups in total. The van der Waals surface area contributed by atoms with Crippen molar-refractivity contribution in [1.29, 1.82) is 0 Å². The molecule has 0 spiro atoms. The second-order valence-corrected chi connectivity index (χ2v) is 7.35. The summed E-state index contributed by atoms with van der Waals surface area (Å²) in [5.41, 5.74) is 11.1. The minimum Gasteiger partial charge on any atom is -0.391 e. The lowest BCUT2D eigenvalue weighted by atomic mass is 10.1. The van der Waals surface area contributed by atoms with Crippen LogP contribution in [-0.4, -0.2) is 48.6 Å². The highest BCUT2D eigenvalue weighted by Gasteiger charge is 2.26. The van der Waals surface area contributed by atoms with E-state index in [0.29, 0.717) is 31.2 Å². The monoisotopic (exact) mass is 343 g/mol. The van der Waals surface area contributed by atoms with E-state index in [1.54, 1.807) is 6.92 Å². The molecule has 24 heavy (non-hydrogen) atoms. The summed E-state index contributed by atoms with van der Waals surface area (Å²) in [6, 6.07) is -1.24. The summed E-state index contributed by atoms with van der Waals surface area (Å²) >= 11 is 0. The smallest absolute Gasteiger partial charge is 0.330 e. The van der Waals surface area contributed by atoms with E-state index in [0.717, 1.165) is 25.9 Å². The van der Waals surface area contributed by atoms with Gasteiger partial charge in [-0.1, -0.05) is 27.7 Å². The molecule has 0 rings (SSSR count). The van der Waals surface area contributed by atoms with E-state index in [1.165, 1.54) is 0 Å². The molecule has 0 radical (unpaired) electrons. The topological polar surface area (TPSA) is 98.6 Å². The summed E-state index contributed by atoms with van der Waals surface area (Å²) in [6.07, 6.45) is 3.07. The highest BCUT2D eigenvalue weighted by Crippen LogP contribution is 2.11. The molecule has 0 aromatic carbocycles. The van der Waals surface area contributed by atoms with Crippen LogP contribution in [0, 0.1) is 11.8 Å². The molecule has 0 fully saturated rings. The summed E-state index contributed by atoms with van der Waals surface area (Å²) in [7, 11) is 0. The lowest BCUT2D eigenvalue weighted by molar-refractivity contribution is -0.164. The second kappa shape index (κ2) is 12.4. The summed E-state index contributed by atoms with van der Waals surface area (Å²) in [5, 5.41) is 0. The van der Waals surface area contributed by atoms with Gasteiger partial charge in [-0.05, 0) is 64.1 Å². The van der Waals surface area contributed by atoms with Gasteiger partial charge in [-0.25, -0.2) is 9.59 Å². The number of carbonyl (C=O) groups excluding carboxylic acids is 2. The number of nitrogens with zero attached hydrogens (tertiary/aromatic N) is 1. The zero-order valence-corrected chi connectivity index (χ0v) is 16.1. The summed E-state index contributed by atoms with van der Waals surface area (Å²) in [5.74, 6) is -0.0640. The normalized spacial score (nSPS) is 14.2. The zero-order chi connectivity index (χ0) is 18.7. The van der Waals surface area contributed by atoms with Gasteiger partial charge in [0.15, 0.2) is 0 Å². The van der Waals surface area contributed by atoms with Crippen LogP contribution in [0.3, 0.4) is 0 Å². The van der Waals surface area contributed by atoms with Crippen LogP contribution in [0.1, 0.15) is 60.3 Å². The van der Waals surface area contributed by atoms with Crippen molar-refractivity contribution in [2.24, 2.45) is 23.3 Å². The van der Waals surface area contributed by atoms with E-state index in [4.69, 9.17) is 16.2 Å².